The van der Waals surface area contributed by atoms with Crippen molar-refractivity contribution in [2.24, 2.45) is 0 Å². The lowest BCUT2D eigenvalue weighted by atomic mass is 9.94. The number of methoxy groups -OCH3 is 3. The summed E-state index contributed by atoms with van der Waals surface area (Å²) in [7, 11) is 4.48. The van der Waals surface area contributed by atoms with E-state index in [9.17, 15) is 14.7 Å². The summed E-state index contributed by atoms with van der Waals surface area (Å²) in [6, 6.07) is 16.6. The van der Waals surface area contributed by atoms with Crippen molar-refractivity contribution in [2.45, 2.75) is 19.9 Å². The van der Waals surface area contributed by atoms with Crippen LogP contribution in [0.5, 0.6) is 17.2 Å². The Labute approximate surface area is 204 Å². The highest BCUT2D eigenvalue weighted by Crippen LogP contribution is 2.46. The lowest BCUT2D eigenvalue weighted by molar-refractivity contribution is -0.132. The Balaban J connectivity index is 2.03. The van der Waals surface area contributed by atoms with Crippen LogP contribution < -0.4 is 19.1 Å². The molecule has 1 aliphatic rings. The average molecular weight is 474 g/mol. The van der Waals surface area contributed by atoms with Crippen LogP contribution in [0.15, 0.2) is 66.2 Å². The van der Waals surface area contributed by atoms with Gasteiger partial charge in [0.15, 0.2) is 0 Å². The van der Waals surface area contributed by atoms with Crippen molar-refractivity contribution >= 4 is 23.1 Å². The number of nitrogens with zero attached hydrogens (tertiary/aromatic N) is 1. The van der Waals surface area contributed by atoms with Crippen LogP contribution in [-0.2, 0) is 9.59 Å². The monoisotopic (exact) mass is 473 g/mol. The molecule has 0 spiro atoms. The van der Waals surface area contributed by atoms with Crippen LogP contribution >= 0.6 is 0 Å². The highest BCUT2D eigenvalue weighted by atomic mass is 16.5. The van der Waals surface area contributed by atoms with Crippen LogP contribution in [0.1, 0.15) is 28.3 Å². The van der Waals surface area contributed by atoms with Gasteiger partial charge >= 0.3 is 0 Å². The number of para-hydroxylation sites is 1. The van der Waals surface area contributed by atoms with E-state index in [-0.39, 0.29) is 16.9 Å². The van der Waals surface area contributed by atoms with Crippen LogP contribution in [0.3, 0.4) is 0 Å². The van der Waals surface area contributed by atoms with E-state index >= 15 is 0 Å². The van der Waals surface area contributed by atoms with Crippen molar-refractivity contribution in [1.29, 1.82) is 0 Å². The molecule has 0 aromatic heterocycles. The molecular formula is C28H27NO6. The Bertz CT molecular complexity index is 1340. The Morgan fingerprint density at radius 1 is 0.829 bits per heavy atom. The van der Waals surface area contributed by atoms with Crippen LogP contribution in [-0.4, -0.2) is 38.1 Å². The Hall–Kier alpha value is -4.26. The van der Waals surface area contributed by atoms with Crippen molar-refractivity contribution in [3.05, 3.63) is 88.5 Å². The number of ketones is 1. The van der Waals surface area contributed by atoms with Crippen molar-refractivity contribution in [2.75, 3.05) is 26.2 Å². The number of aryl methyl sites for hydroxylation is 2. The molecule has 0 saturated carbocycles. The molecule has 1 atom stereocenters. The second-order valence-corrected chi connectivity index (χ2v) is 8.25. The molecule has 3 aromatic rings. The molecule has 1 amide bonds. The van der Waals surface area contributed by atoms with E-state index < -0.39 is 17.7 Å². The number of hydrogen-bond donors (Lipinski definition) is 1. The molecule has 7 heteroatoms. The Kier molecular flexibility index (Phi) is 6.51. The Morgan fingerprint density at radius 3 is 2.20 bits per heavy atom. The maximum Gasteiger partial charge on any atom is 0.300 e. The van der Waals surface area contributed by atoms with Gasteiger partial charge in [-0.2, -0.15) is 0 Å². The SMILES string of the molecule is COc1ccc(OC)c(/C(O)=C2\C(=O)C(=O)N(c3ccc(C)c(C)c3)C2c2ccccc2OC)c1. The van der Waals surface area contributed by atoms with Gasteiger partial charge in [0.2, 0.25) is 0 Å². The number of Topliss-reactive ketones (excluding diaryl/α,β-unsaturated/α-hetero) is 1. The lowest BCUT2D eigenvalue weighted by Crippen LogP contribution is -2.29. The second-order valence-electron chi connectivity index (χ2n) is 8.25. The molecule has 1 fully saturated rings. The summed E-state index contributed by atoms with van der Waals surface area (Å²) in [6.45, 7) is 3.91. The molecule has 0 aliphatic carbocycles. The fourth-order valence-corrected chi connectivity index (χ4v) is 4.31. The first kappa shape index (κ1) is 23.9. The molecule has 1 heterocycles. The van der Waals surface area contributed by atoms with Gasteiger partial charge in [-0.3, -0.25) is 14.5 Å². The molecule has 1 saturated heterocycles. The fourth-order valence-electron chi connectivity index (χ4n) is 4.31. The molecule has 7 nitrogen and oxygen atoms in total. The molecule has 4 rings (SSSR count). The van der Waals surface area contributed by atoms with Gasteiger partial charge in [-0.25, -0.2) is 0 Å². The first-order valence-corrected chi connectivity index (χ1v) is 11.1. The van der Waals surface area contributed by atoms with Gasteiger partial charge in [-0.1, -0.05) is 24.3 Å². The van der Waals surface area contributed by atoms with Crippen molar-refractivity contribution < 1.29 is 28.9 Å². The third kappa shape index (κ3) is 4.10. The number of carbonyl (C=O) groups is 2. The van der Waals surface area contributed by atoms with Crippen LogP contribution in [0.2, 0.25) is 0 Å². The van der Waals surface area contributed by atoms with Gasteiger partial charge in [0.05, 0.1) is 38.5 Å². The molecule has 1 aliphatic heterocycles. The largest absolute Gasteiger partial charge is 0.507 e. The van der Waals surface area contributed by atoms with Crippen molar-refractivity contribution in [3.63, 3.8) is 0 Å². The van der Waals surface area contributed by atoms with E-state index in [2.05, 4.69) is 0 Å². The minimum atomic E-state index is -0.927. The first-order valence-electron chi connectivity index (χ1n) is 11.1. The van der Waals surface area contributed by atoms with Gasteiger partial charge in [0, 0.05) is 11.3 Å². The molecule has 35 heavy (non-hydrogen) atoms. The normalized spacial score (nSPS) is 16.9. The number of hydrogen-bond acceptors (Lipinski definition) is 6. The standard InChI is InChI=1S/C28H27NO6/c1-16-10-11-18(14-17(16)2)29-25(20-8-6-7-9-22(20)34-4)24(27(31)28(29)32)26(30)21-15-19(33-3)12-13-23(21)35-5/h6-15,25,30H,1-5H3/b26-24+. The number of rotatable bonds is 6. The van der Waals surface area contributed by atoms with E-state index in [1.54, 1.807) is 48.5 Å². The summed E-state index contributed by atoms with van der Waals surface area (Å²) in [4.78, 5) is 28.3. The summed E-state index contributed by atoms with van der Waals surface area (Å²) in [5.41, 5.74) is 3.31. The zero-order valence-electron chi connectivity index (χ0n) is 20.3. The third-order valence-corrected chi connectivity index (χ3v) is 6.31. The fraction of sp³-hybridized carbons (Fsp3) is 0.214. The van der Waals surface area contributed by atoms with Crippen LogP contribution in [0.4, 0.5) is 5.69 Å². The number of carbonyl (C=O) groups excluding carboxylic acids is 2. The molecule has 0 bridgehead atoms. The maximum absolute atomic E-state index is 13.5. The number of benzene rings is 3. The topological polar surface area (TPSA) is 85.3 Å². The van der Waals surface area contributed by atoms with E-state index in [4.69, 9.17) is 14.2 Å². The number of ether oxygens (including phenoxy) is 3. The second kappa shape index (κ2) is 9.54. The van der Waals surface area contributed by atoms with Gasteiger partial charge in [0.1, 0.15) is 23.0 Å². The lowest BCUT2D eigenvalue weighted by Gasteiger charge is -2.27. The zero-order chi connectivity index (χ0) is 25.3. The van der Waals surface area contributed by atoms with Gasteiger partial charge in [-0.15, -0.1) is 0 Å². The highest BCUT2D eigenvalue weighted by Gasteiger charge is 2.48. The van der Waals surface area contributed by atoms with E-state index in [0.29, 0.717) is 28.5 Å². The van der Waals surface area contributed by atoms with Crippen LogP contribution in [0.25, 0.3) is 5.76 Å². The molecule has 180 valence electrons. The van der Waals surface area contributed by atoms with Gasteiger partial charge in [0.25, 0.3) is 11.7 Å². The number of aliphatic hydroxyl groups excluding tert-OH is 1. The van der Waals surface area contributed by atoms with Gasteiger partial charge in [-0.05, 0) is 61.4 Å². The predicted octanol–water partition coefficient (Wildman–Crippen LogP) is 4.96. The predicted molar refractivity (Wildman–Crippen MR) is 133 cm³/mol. The highest BCUT2D eigenvalue weighted by molar-refractivity contribution is 6.51. The summed E-state index contributed by atoms with van der Waals surface area (Å²) in [5.74, 6) is -0.629. The summed E-state index contributed by atoms with van der Waals surface area (Å²) in [6.07, 6.45) is 0. The molecule has 0 radical (unpaired) electrons. The van der Waals surface area contributed by atoms with E-state index in [0.717, 1.165) is 11.1 Å². The third-order valence-electron chi connectivity index (χ3n) is 6.31. The van der Waals surface area contributed by atoms with Gasteiger partial charge < -0.3 is 19.3 Å². The van der Waals surface area contributed by atoms with Crippen molar-refractivity contribution in [3.8, 4) is 17.2 Å². The Morgan fingerprint density at radius 2 is 1.54 bits per heavy atom. The number of anilines is 1. The smallest absolute Gasteiger partial charge is 0.300 e. The van der Waals surface area contributed by atoms with Crippen molar-refractivity contribution in [1.82, 2.24) is 0 Å². The number of amides is 1. The minimum absolute atomic E-state index is 0.0655. The molecular weight excluding hydrogens is 446 g/mol. The van der Waals surface area contributed by atoms with Crippen LogP contribution in [0, 0.1) is 13.8 Å². The quantitative estimate of drug-likeness (QED) is 0.310. The molecule has 1 unspecified atom stereocenters. The van der Waals surface area contributed by atoms with E-state index in [1.165, 1.54) is 26.2 Å². The summed E-state index contributed by atoms with van der Waals surface area (Å²) in [5, 5.41) is 11.5. The first-order chi connectivity index (χ1) is 16.8. The zero-order valence-corrected chi connectivity index (χ0v) is 20.3. The summed E-state index contributed by atoms with van der Waals surface area (Å²) >= 11 is 0. The number of aliphatic hydroxyl groups is 1. The minimum Gasteiger partial charge on any atom is -0.507 e. The summed E-state index contributed by atoms with van der Waals surface area (Å²) < 4.78 is 16.3. The average Bonchev–Trinajstić information content (AvgIpc) is 3.14. The van der Waals surface area contributed by atoms with E-state index in [1.807, 2.05) is 26.0 Å². The molecule has 3 aromatic carbocycles. The molecule has 1 N–H and O–H groups in total. The maximum atomic E-state index is 13.5.